The third-order valence-electron chi connectivity index (χ3n) is 6.48. The van der Waals surface area contributed by atoms with Gasteiger partial charge in [0.15, 0.2) is 5.82 Å². The highest BCUT2D eigenvalue weighted by molar-refractivity contribution is 7.15. The first-order valence-electron chi connectivity index (χ1n) is 12.2. The number of thiophene rings is 1. The molecule has 196 valence electrons. The second-order valence-corrected chi connectivity index (χ2v) is 10.4. The molecule has 0 unspecified atom stereocenters. The van der Waals surface area contributed by atoms with Gasteiger partial charge < -0.3 is 4.98 Å². The van der Waals surface area contributed by atoms with Gasteiger partial charge in [-0.05, 0) is 29.3 Å². The number of aryl methyl sites for hydroxylation is 1. The minimum absolute atomic E-state index is 0.224. The van der Waals surface area contributed by atoms with Crippen LogP contribution in [0.4, 0.5) is 13.2 Å². The van der Waals surface area contributed by atoms with Crippen molar-refractivity contribution in [3.05, 3.63) is 123 Å². The van der Waals surface area contributed by atoms with Gasteiger partial charge in [-0.1, -0.05) is 60.7 Å². The van der Waals surface area contributed by atoms with E-state index in [2.05, 4.69) is 10.1 Å². The largest absolute Gasteiger partial charge is 0.433 e. The Morgan fingerprint density at radius 2 is 1.67 bits per heavy atom. The standard InChI is InChI=1S/C29H22F3N5OS/c1-36-26(29(30,31)32)16-21(35-36)25-13-12-20(39-25)15-23-28(38)37-17-24(19-10-6-3-7-11-19)33-22(27(37)34-23)14-18-8-4-2-5-9-18/h2-13,16-17,33H,14-15H2,1H3. The molecule has 4 heterocycles. The molecule has 1 N–H and O–H groups in total. The van der Waals surface area contributed by atoms with E-state index < -0.39 is 11.9 Å². The highest BCUT2D eigenvalue weighted by atomic mass is 32.1. The summed E-state index contributed by atoms with van der Waals surface area (Å²) in [4.78, 5) is 23.1. The summed E-state index contributed by atoms with van der Waals surface area (Å²) < 4.78 is 42.1. The van der Waals surface area contributed by atoms with Crippen LogP contribution in [0.1, 0.15) is 27.5 Å². The molecule has 0 saturated heterocycles. The molecule has 4 aromatic rings. The quantitative estimate of drug-likeness (QED) is 0.266. The van der Waals surface area contributed by atoms with Crippen molar-refractivity contribution >= 4 is 11.3 Å². The fraction of sp³-hybridized carbons (Fsp3) is 0.138. The van der Waals surface area contributed by atoms with Crippen molar-refractivity contribution in [2.45, 2.75) is 19.0 Å². The lowest BCUT2D eigenvalue weighted by atomic mass is 10.1. The monoisotopic (exact) mass is 545 g/mol. The van der Waals surface area contributed by atoms with Crippen LogP contribution in [-0.2, 0) is 26.1 Å². The number of rotatable bonds is 6. The summed E-state index contributed by atoms with van der Waals surface area (Å²) in [6.07, 6.45) is -1.90. The Balaban J connectivity index is 1.37. The SMILES string of the molecule is Cn1nc(-c2ccc(Cc3nc4c(Cc5ccccc5)[nH]c(-c5ccccc5)cn-4c3=O)s2)cc1C(F)(F)F. The average molecular weight is 546 g/mol. The van der Waals surface area contributed by atoms with E-state index in [9.17, 15) is 18.0 Å². The van der Waals surface area contributed by atoms with E-state index in [-0.39, 0.29) is 17.7 Å². The van der Waals surface area contributed by atoms with Crippen molar-refractivity contribution in [1.82, 2.24) is 24.3 Å². The molecule has 39 heavy (non-hydrogen) atoms. The Hall–Kier alpha value is -4.44. The molecule has 6 nitrogen and oxygen atoms in total. The predicted octanol–water partition coefficient (Wildman–Crippen LogP) is 6.33. The third kappa shape index (κ3) is 4.90. The Morgan fingerprint density at radius 3 is 2.36 bits per heavy atom. The lowest BCUT2D eigenvalue weighted by Crippen LogP contribution is -2.17. The Kier molecular flexibility index (Phi) is 6.19. The number of hydrogen-bond acceptors (Lipinski definition) is 4. The molecule has 2 aliphatic heterocycles. The molecular formula is C29H22F3N5OS. The zero-order valence-corrected chi connectivity index (χ0v) is 21.6. The number of imidazole rings is 1. The van der Waals surface area contributed by atoms with Gasteiger partial charge in [-0.25, -0.2) is 4.98 Å². The molecule has 10 heteroatoms. The van der Waals surface area contributed by atoms with Crippen LogP contribution in [-0.4, -0.2) is 24.3 Å². The summed E-state index contributed by atoms with van der Waals surface area (Å²) in [6, 6.07) is 24.3. The minimum atomic E-state index is -4.48. The van der Waals surface area contributed by atoms with Crippen LogP contribution in [0.15, 0.2) is 89.9 Å². The molecule has 2 aromatic heterocycles. The normalized spacial score (nSPS) is 11.9. The minimum Gasteiger partial charge on any atom is -0.354 e. The number of benzene rings is 2. The van der Waals surface area contributed by atoms with Crippen molar-refractivity contribution < 1.29 is 13.2 Å². The van der Waals surface area contributed by atoms with E-state index in [4.69, 9.17) is 4.98 Å². The summed E-state index contributed by atoms with van der Waals surface area (Å²) in [7, 11) is 1.27. The van der Waals surface area contributed by atoms with Gasteiger partial charge in [0, 0.05) is 31.0 Å². The van der Waals surface area contributed by atoms with Crippen molar-refractivity contribution in [2.75, 3.05) is 0 Å². The number of aromatic amines is 1. The first-order chi connectivity index (χ1) is 18.8. The van der Waals surface area contributed by atoms with Gasteiger partial charge >= 0.3 is 6.18 Å². The number of fused-ring (bicyclic) bond motifs is 1. The van der Waals surface area contributed by atoms with E-state index in [0.717, 1.165) is 38.1 Å². The molecule has 0 fully saturated rings. The number of H-pyrrole nitrogens is 1. The molecule has 0 radical (unpaired) electrons. The molecular weight excluding hydrogens is 523 g/mol. The maximum absolute atomic E-state index is 13.5. The van der Waals surface area contributed by atoms with Crippen molar-refractivity contribution in [3.63, 3.8) is 0 Å². The van der Waals surface area contributed by atoms with E-state index >= 15 is 0 Å². The van der Waals surface area contributed by atoms with Gasteiger partial charge in [-0.2, -0.15) is 18.3 Å². The summed E-state index contributed by atoms with van der Waals surface area (Å²) in [5, 5.41) is 4.03. The van der Waals surface area contributed by atoms with Gasteiger partial charge in [-0.15, -0.1) is 11.3 Å². The average Bonchev–Trinajstić information content (AvgIpc) is 3.63. The smallest absolute Gasteiger partial charge is 0.354 e. The van der Waals surface area contributed by atoms with Gasteiger partial charge in [-0.3, -0.25) is 14.0 Å². The number of aromatic nitrogens is 5. The molecule has 0 atom stereocenters. The molecule has 0 saturated carbocycles. The van der Waals surface area contributed by atoms with Gasteiger partial charge in [0.25, 0.3) is 5.56 Å². The predicted molar refractivity (Wildman–Crippen MR) is 144 cm³/mol. The maximum Gasteiger partial charge on any atom is 0.433 e. The molecule has 6 rings (SSSR count). The first-order valence-corrected chi connectivity index (χ1v) is 13.0. The Bertz CT molecular complexity index is 1780. The summed E-state index contributed by atoms with van der Waals surface area (Å²) in [6.45, 7) is 0. The van der Waals surface area contributed by atoms with E-state index in [1.807, 2.05) is 60.7 Å². The number of nitrogens with zero attached hydrogens (tertiary/aromatic N) is 4. The lowest BCUT2D eigenvalue weighted by Gasteiger charge is -2.13. The molecule has 0 aliphatic carbocycles. The van der Waals surface area contributed by atoms with Crippen molar-refractivity contribution in [1.29, 1.82) is 0 Å². The fourth-order valence-electron chi connectivity index (χ4n) is 4.61. The first kappa shape index (κ1) is 24.9. The Labute approximate surface area is 225 Å². The topological polar surface area (TPSA) is 68.5 Å². The molecule has 0 bridgehead atoms. The highest BCUT2D eigenvalue weighted by Crippen LogP contribution is 2.34. The van der Waals surface area contributed by atoms with Crippen LogP contribution in [0, 0.1) is 0 Å². The second kappa shape index (κ2) is 9.70. The fourth-order valence-corrected chi connectivity index (χ4v) is 5.58. The maximum atomic E-state index is 13.5. The van der Waals surface area contributed by atoms with Crippen molar-refractivity contribution in [2.24, 2.45) is 7.05 Å². The summed E-state index contributed by atoms with van der Waals surface area (Å²) >= 11 is 1.30. The summed E-state index contributed by atoms with van der Waals surface area (Å²) in [5.41, 5.74) is 3.20. The zero-order valence-electron chi connectivity index (χ0n) is 20.7. The van der Waals surface area contributed by atoms with Crippen LogP contribution in [0.3, 0.4) is 0 Å². The van der Waals surface area contributed by atoms with Gasteiger partial charge in [0.1, 0.15) is 17.1 Å². The van der Waals surface area contributed by atoms with Crippen LogP contribution in [0.2, 0.25) is 0 Å². The number of nitrogens with one attached hydrogen (secondary N) is 1. The number of halogens is 3. The van der Waals surface area contributed by atoms with Crippen LogP contribution >= 0.6 is 11.3 Å². The molecule has 2 aromatic carbocycles. The Morgan fingerprint density at radius 1 is 0.949 bits per heavy atom. The van der Waals surface area contributed by atoms with E-state index in [1.54, 1.807) is 22.9 Å². The second-order valence-electron chi connectivity index (χ2n) is 9.21. The summed E-state index contributed by atoms with van der Waals surface area (Å²) in [5.74, 6) is 0.551. The van der Waals surface area contributed by atoms with Crippen LogP contribution < -0.4 is 5.56 Å². The number of hydrogen-bond donors (Lipinski definition) is 1. The van der Waals surface area contributed by atoms with Crippen LogP contribution in [0.5, 0.6) is 0 Å². The zero-order chi connectivity index (χ0) is 27.1. The lowest BCUT2D eigenvalue weighted by molar-refractivity contribution is -0.143. The van der Waals surface area contributed by atoms with E-state index in [1.165, 1.54) is 18.4 Å². The molecule has 2 aliphatic rings. The van der Waals surface area contributed by atoms with Gasteiger partial charge in [0.2, 0.25) is 0 Å². The molecule has 0 amide bonds. The highest BCUT2D eigenvalue weighted by Gasteiger charge is 2.35. The van der Waals surface area contributed by atoms with Crippen LogP contribution in [0.25, 0.3) is 27.6 Å². The van der Waals surface area contributed by atoms with Gasteiger partial charge in [0.05, 0.1) is 16.3 Å². The van der Waals surface area contributed by atoms with Crippen molar-refractivity contribution in [3.8, 4) is 27.6 Å². The third-order valence-corrected chi connectivity index (χ3v) is 7.59. The van der Waals surface area contributed by atoms with E-state index in [0.29, 0.717) is 22.8 Å². The molecule has 0 spiro atoms. The number of alkyl halides is 3.